The summed E-state index contributed by atoms with van der Waals surface area (Å²) >= 11 is 0. The van der Waals surface area contributed by atoms with Crippen LogP contribution in [0, 0.1) is 0 Å². The maximum Gasteiger partial charge on any atom is 0.214 e. The maximum absolute atomic E-state index is 5.85. The van der Waals surface area contributed by atoms with Gasteiger partial charge in [0, 0.05) is 6.61 Å². The van der Waals surface area contributed by atoms with Crippen molar-refractivity contribution < 1.29 is 24.0 Å². The second kappa shape index (κ2) is 10.2. The average molecular weight is 431 g/mol. The van der Waals surface area contributed by atoms with Gasteiger partial charge in [0.05, 0.1) is 39.0 Å². The van der Waals surface area contributed by atoms with E-state index >= 15 is 0 Å². The van der Waals surface area contributed by atoms with Crippen LogP contribution in [-0.2, 0) is 11.3 Å². The number of hydrogen-bond donors (Lipinski definition) is 2. The van der Waals surface area contributed by atoms with Crippen LogP contribution < -0.4 is 19.3 Å². The van der Waals surface area contributed by atoms with Crippen molar-refractivity contribution in [1.82, 2.24) is 20.2 Å². The van der Waals surface area contributed by atoms with Gasteiger partial charge in [0.15, 0.2) is 17.5 Å². The first-order valence-corrected chi connectivity index (χ1v) is 11.1. The molecule has 1 aromatic carbocycles. The molecule has 9 nitrogen and oxygen atoms in total. The number of piperazine rings is 1. The van der Waals surface area contributed by atoms with E-state index in [2.05, 4.69) is 28.2 Å². The highest BCUT2D eigenvalue weighted by molar-refractivity contribution is 5.48. The summed E-state index contributed by atoms with van der Waals surface area (Å²) in [4.78, 5) is 3.00. The van der Waals surface area contributed by atoms with Crippen molar-refractivity contribution in [2.45, 2.75) is 31.5 Å². The van der Waals surface area contributed by atoms with Gasteiger partial charge in [-0.05, 0) is 41.5 Å². The summed E-state index contributed by atoms with van der Waals surface area (Å²) in [5.74, 6) is 2.32. The van der Waals surface area contributed by atoms with Crippen LogP contribution in [-0.4, -0.2) is 79.9 Å². The Labute approximate surface area is 183 Å². The number of para-hydroxylation sites is 1. The summed E-state index contributed by atoms with van der Waals surface area (Å²) in [5, 5.41) is 12.9. The lowest BCUT2D eigenvalue weighted by Gasteiger charge is -2.34. The standard InChI is InChI=1S/C22H32N6O3/c1-4-10-26-11-13-27(14-12-26)20(18-8-5-9-19(29-2)21(18)30-3)22-23-24-25-28(22)16-17-7-6-15-31-17/h4-5,8-9,17,20H,1,6-7,10-16H2,2-3H3/p+2/t17-,20+/m1/s1. The van der Waals surface area contributed by atoms with Gasteiger partial charge in [-0.25, -0.2) is 4.68 Å². The first-order chi connectivity index (χ1) is 15.2. The van der Waals surface area contributed by atoms with Crippen molar-refractivity contribution in [2.24, 2.45) is 0 Å². The van der Waals surface area contributed by atoms with Crippen molar-refractivity contribution in [1.29, 1.82) is 0 Å². The van der Waals surface area contributed by atoms with E-state index in [1.165, 1.54) is 4.90 Å². The van der Waals surface area contributed by atoms with Crippen molar-refractivity contribution in [2.75, 3.05) is 53.6 Å². The lowest BCUT2D eigenvalue weighted by atomic mass is 10.0. The Hall–Kier alpha value is -2.49. The summed E-state index contributed by atoms with van der Waals surface area (Å²) in [6.07, 6.45) is 4.31. The molecule has 0 spiro atoms. The third-order valence-corrected chi connectivity index (χ3v) is 6.40. The van der Waals surface area contributed by atoms with Gasteiger partial charge in [-0.3, -0.25) is 0 Å². The molecule has 2 aromatic rings. The highest BCUT2D eigenvalue weighted by Gasteiger charge is 2.38. The molecular weight excluding hydrogens is 396 g/mol. The number of benzene rings is 1. The fourth-order valence-corrected chi connectivity index (χ4v) is 4.83. The van der Waals surface area contributed by atoms with Gasteiger partial charge < -0.3 is 24.0 Å². The van der Waals surface area contributed by atoms with Gasteiger partial charge in [0.25, 0.3) is 0 Å². The first-order valence-electron chi connectivity index (χ1n) is 11.1. The van der Waals surface area contributed by atoms with E-state index in [1.807, 2.05) is 22.9 Å². The first kappa shape index (κ1) is 21.7. The Morgan fingerprint density at radius 3 is 2.77 bits per heavy atom. The predicted molar refractivity (Wildman–Crippen MR) is 115 cm³/mol. The fourth-order valence-electron chi connectivity index (χ4n) is 4.83. The Balaban J connectivity index is 1.69. The van der Waals surface area contributed by atoms with Crippen LogP contribution in [0.15, 0.2) is 30.9 Å². The van der Waals surface area contributed by atoms with E-state index in [4.69, 9.17) is 14.2 Å². The van der Waals surface area contributed by atoms with E-state index in [0.717, 1.165) is 75.1 Å². The Morgan fingerprint density at radius 2 is 2.10 bits per heavy atom. The second-order valence-corrected chi connectivity index (χ2v) is 8.27. The molecule has 0 aliphatic carbocycles. The molecule has 0 saturated carbocycles. The molecule has 2 aliphatic rings. The summed E-state index contributed by atoms with van der Waals surface area (Å²) in [5.41, 5.74) is 1.05. The number of aromatic nitrogens is 4. The van der Waals surface area contributed by atoms with Crippen LogP contribution in [0.1, 0.15) is 30.3 Å². The van der Waals surface area contributed by atoms with Crippen LogP contribution in [0.4, 0.5) is 0 Å². The minimum Gasteiger partial charge on any atom is -0.493 e. The number of nitrogens with one attached hydrogen (secondary N) is 2. The molecule has 2 atom stereocenters. The molecule has 31 heavy (non-hydrogen) atoms. The van der Waals surface area contributed by atoms with Crippen LogP contribution in [0.3, 0.4) is 0 Å². The molecule has 2 aliphatic heterocycles. The van der Waals surface area contributed by atoms with Crippen LogP contribution in [0.5, 0.6) is 11.5 Å². The smallest absolute Gasteiger partial charge is 0.214 e. The third-order valence-electron chi connectivity index (χ3n) is 6.40. The minimum atomic E-state index is -0.0493. The molecule has 9 heteroatoms. The molecule has 2 fully saturated rings. The quantitative estimate of drug-likeness (QED) is 0.493. The number of rotatable bonds is 9. The second-order valence-electron chi connectivity index (χ2n) is 8.27. The number of quaternary nitrogens is 2. The van der Waals surface area contributed by atoms with Gasteiger partial charge in [-0.1, -0.05) is 12.6 Å². The van der Waals surface area contributed by atoms with Gasteiger partial charge in [-0.2, -0.15) is 0 Å². The van der Waals surface area contributed by atoms with Crippen LogP contribution in [0.2, 0.25) is 0 Å². The zero-order valence-electron chi connectivity index (χ0n) is 18.5. The lowest BCUT2D eigenvalue weighted by Crippen LogP contribution is -3.28. The largest absolute Gasteiger partial charge is 0.493 e. The zero-order valence-corrected chi connectivity index (χ0v) is 18.5. The molecule has 1 aromatic heterocycles. The fraction of sp³-hybridized carbons (Fsp3) is 0.591. The Morgan fingerprint density at radius 1 is 1.26 bits per heavy atom. The zero-order chi connectivity index (χ0) is 21.6. The van der Waals surface area contributed by atoms with Gasteiger partial charge in [0.2, 0.25) is 5.82 Å². The Kier molecular flexibility index (Phi) is 7.16. The van der Waals surface area contributed by atoms with Crippen molar-refractivity contribution in [3.05, 3.63) is 42.2 Å². The highest BCUT2D eigenvalue weighted by atomic mass is 16.5. The van der Waals surface area contributed by atoms with Gasteiger partial charge in [-0.15, -0.1) is 5.10 Å². The van der Waals surface area contributed by atoms with Gasteiger partial charge in [0.1, 0.15) is 26.2 Å². The van der Waals surface area contributed by atoms with Gasteiger partial charge >= 0.3 is 0 Å². The summed E-state index contributed by atoms with van der Waals surface area (Å²) in [6, 6.07) is 5.99. The molecule has 168 valence electrons. The molecule has 0 unspecified atom stereocenters. The predicted octanol–water partition coefficient (Wildman–Crippen LogP) is -1.07. The molecule has 2 saturated heterocycles. The molecule has 0 bridgehead atoms. The van der Waals surface area contributed by atoms with Crippen LogP contribution in [0.25, 0.3) is 0 Å². The summed E-state index contributed by atoms with van der Waals surface area (Å²) in [7, 11) is 3.36. The summed E-state index contributed by atoms with van der Waals surface area (Å²) < 4.78 is 19.2. The SMILES string of the molecule is C=CC[NH+]1CC[NH+]([C@@H](c2cccc(OC)c2OC)c2nnnn2C[C@H]2CCCO2)CC1. The summed E-state index contributed by atoms with van der Waals surface area (Å²) in [6.45, 7) is 10.6. The normalized spacial score (nSPS) is 24.6. The lowest BCUT2D eigenvalue weighted by molar-refractivity contribution is -1.02. The van der Waals surface area contributed by atoms with Crippen molar-refractivity contribution >= 4 is 0 Å². The van der Waals surface area contributed by atoms with E-state index < -0.39 is 0 Å². The van der Waals surface area contributed by atoms with Crippen molar-refractivity contribution in [3.63, 3.8) is 0 Å². The molecule has 0 amide bonds. The molecule has 2 N–H and O–H groups in total. The number of methoxy groups -OCH3 is 2. The number of nitrogens with zero attached hydrogens (tertiary/aromatic N) is 4. The number of hydrogen-bond acceptors (Lipinski definition) is 6. The highest BCUT2D eigenvalue weighted by Crippen LogP contribution is 2.35. The van der Waals surface area contributed by atoms with Crippen molar-refractivity contribution in [3.8, 4) is 11.5 Å². The monoisotopic (exact) mass is 430 g/mol. The molecule has 3 heterocycles. The maximum atomic E-state index is 5.85. The van der Waals surface area contributed by atoms with E-state index in [1.54, 1.807) is 19.1 Å². The van der Waals surface area contributed by atoms with Crippen LogP contribution >= 0.6 is 0 Å². The molecular formula is C22H34N6O3+2. The van der Waals surface area contributed by atoms with E-state index in [0.29, 0.717) is 6.54 Å². The van der Waals surface area contributed by atoms with E-state index in [-0.39, 0.29) is 12.1 Å². The minimum absolute atomic E-state index is 0.0493. The number of tetrazole rings is 1. The van der Waals surface area contributed by atoms with E-state index in [9.17, 15) is 0 Å². The molecule has 4 rings (SSSR count). The third kappa shape index (κ3) is 4.73. The topological polar surface area (TPSA) is 80.2 Å². The number of ether oxygens (including phenoxy) is 3. The Bertz CT molecular complexity index is 859. The average Bonchev–Trinajstić information content (AvgIpc) is 3.48. The molecule has 0 radical (unpaired) electrons.